The lowest BCUT2D eigenvalue weighted by Crippen LogP contribution is -2.15. The molecule has 1 aromatic carbocycles. The van der Waals surface area contributed by atoms with E-state index in [4.69, 9.17) is 0 Å². The zero-order valence-corrected chi connectivity index (χ0v) is 14.2. The lowest BCUT2D eigenvalue weighted by molar-refractivity contribution is 0.601. The van der Waals surface area contributed by atoms with Gasteiger partial charge in [0.2, 0.25) is 5.95 Å². The quantitative estimate of drug-likeness (QED) is 0.711. The summed E-state index contributed by atoms with van der Waals surface area (Å²) in [6, 6.07) is 11.6. The molecule has 126 valence electrons. The van der Waals surface area contributed by atoms with Gasteiger partial charge in [-0.05, 0) is 55.0 Å². The van der Waals surface area contributed by atoms with Crippen LogP contribution in [-0.4, -0.2) is 29.6 Å². The van der Waals surface area contributed by atoms with Gasteiger partial charge in [0.25, 0.3) is 10.0 Å². The molecule has 0 amide bonds. The monoisotopic (exact) mass is 353 g/mol. The molecule has 0 unspecified atom stereocenters. The van der Waals surface area contributed by atoms with Gasteiger partial charge in [0.1, 0.15) is 0 Å². The molecule has 25 heavy (non-hydrogen) atoms. The highest BCUT2D eigenvalue weighted by atomic mass is 32.2. The van der Waals surface area contributed by atoms with E-state index < -0.39 is 10.0 Å². The highest BCUT2D eigenvalue weighted by Gasteiger charge is 2.15. The minimum atomic E-state index is -3.75. The summed E-state index contributed by atoms with van der Waals surface area (Å²) in [4.78, 5) is 16.3. The van der Waals surface area contributed by atoms with E-state index >= 15 is 0 Å². The van der Waals surface area contributed by atoms with Gasteiger partial charge in [-0.1, -0.05) is 0 Å². The van der Waals surface area contributed by atoms with Crippen molar-refractivity contribution in [3.05, 3.63) is 72.3 Å². The molecule has 0 atom stereocenters. The Morgan fingerprint density at radius 1 is 1.00 bits per heavy atom. The SMILES string of the molecule is Cc1ccnc(NS(=O)(=O)c2ccc(N=Cc3ccncc3)cc2)n1. The fourth-order valence-electron chi connectivity index (χ4n) is 1.99. The maximum absolute atomic E-state index is 12.4. The minimum Gasteiger partial charge on any atom is -0.265 e. The van der Waals surface area contributed by atoms with Gasteiger partial charge < -0.3 is 0 Å². The minimum absolute atomic E-state index is 0.0415. The van der Waals surface area contributed by atoms with Crippen molar-refractivity contribution < 1.29 is 8.42 Å². The molecule has 0 radical (unpaired) electrons. The number of nitrogens with zero attached hydrogens (tertiary/aromatic N) is 4. The first-order valence-electron chi connectivity index (χ1n) is 7.39. The average molecular weight is 353 g/mol. The van der Waals surface area contributed by atoms with E-state index in [1.807, 2.05) is 12.1 Å². The number of hydrogen-bond donors (Lipinski definition) is 1. The molecule has 0 fully saturated rings. The van der Waals surface area contributed by atoms with E-state index in [1.54, 1.807) is 43.7 Å². The molecule has 0 aliphatic rings. The fraction of sp³-hybridized carbons (Fsp3) is 0.0588. The van der Waals surface area contributed by atoms with E-state index in [0.29, 0.717) is 11.4 Å². The van der Waals surface area contributed by atoms with Gasteiger partial charge >= 0.3 is 0 Å². The van der Waals surface area contributed by atoms with E-state index in [2.05, 4.69) is 24.7 Å². The van der Waals surface area contributed by atoms with E-state index in [1.165, 1.54) is 18.3 Å². The number of nitrogens with one attached hydrogen (secondary N) is 1. The van der Waals surface area contributed by atoms with Crippen LogP contribution in [0.3, 0.4) is 0 Å². The maximum Gasteiger partial charge on any atom is 0.264 e. The van der Waals surface area contributed by atoms with Crippen LogP contribution in [0.4, 0.5) is 11.6 Å². The van der Waals surface area contributed by atoms with Gasteiger partial charge in [-0.3, -0.25) is 9.98 Å². The van der Waals surface area contributed by atoms with Gasteiger partial charge in [0, 0.05) is 30.5 Å². The first kappa shape index (κ1) is 16.7. The molecule has 0 aliphatic carbocycles. The molecule has 3 rings (SSSR count). The maximum atomic E-state index is 12.4. The molecule has 0 spiro atoms. The van der Waals surface area contributed by atoms with Crippen LogP contribution in [0.2, 0.25) is 0 Å². The molecular weight excluding hydrogens is 338 g/mol. The Kier molecular flexibility index (Phi) is 4.80. The van der Waals surface area contributed by atoms with Crippen molar-refractivity contribution in [1.29, 1.82) is 0 Å². The predicted octanol–water partition coefficient (Wildman–Crippen LogP) is 2.73. The summed E-state index contributed by atoms with van der Waals surface area (Å²) >= 11 is 0. The number of sulfonamides is 1. The lowest BCUT2D eigenvalue weighted by atomic mass is 10.3. The number of pyridine rings is 1. The van der Waals surface area contributed by atoms with Crippen molar-refractivity contribution in [3.63, 3.8) is 0 Å². The smallest absolute Gasteiger partial charge is 0.264 e. The van der Waals surface area contributed by atoms with E-state index in [9.17, 15) is 8.42 Å². The Labute approximate surface area is 145 Å². The summed E-state index contributed by atoms with van der Waals surface area (Å²) in [5.74, 6) is 0.0415. The van der Waals surface area contributed by atoms with Gasteiger partial charge in [0.15, 0.2) is 0 Å². The third-order valence-electron chi connectivity index (χ3n) is 3.24. The van der Waals surface area contributed by atoms with Crippen LogP contribution in [0.1, 0.15) is 11.3 Å². The number of anilines is 1. The molecule has 0 aliphatic heterocycles. The van der Waals surface area contributed by atoms with Crippen molar-refractivity contribution >= 4 is 27.9 Å². The fourth-order valence-corrected chi connectivity index (χ4v) is 2.94. The normalized spacial score (nSPS) is 11.6. The topological polar surface area (TPSA) is 97.2 Å². The first-order chi connectivity index (χ1) is 12.0. The van der Waals surface area contributed by atoms with Gasteiger partial charge in [-0.25, -0.2) is 23.1 Å². The van der Waals surface area contributed by atoms with E-state index in [0.717, 1.165) is 5.56 Å². The van der Waals surface area contributed by atoms with Gasteiger partial charge in [-0.2, -0.15) is 0 Å². The van der Waals surface area contributed by atoms with Crippen LogP contribution in [0, 0.1) is 6.92 Å². The zero-order valence-electron chi connectivity index (χ0n) is 13.4. The third-order valence-corrected chi connectivity index (χ3v) is 4.58. The van der Waals surface area contributed by atoms with Gasteiger partial charge in [0.05, 0.1) is 10.6 Å². The summed E-state index contributed by atoms with van der Waals surface area (Å²) in [7, 11) is -3.75. The average Bonchev–Trinajstić information content (AvgIpc) is 2.61. The zero-order chi connectivity index (χ0) is 17.7. The molecule has 7 nitrogen and oxygen atoms in total. The Balaban J connectivity index is 1.76. The van der Waals surface area contributed by atoms with Crippen molar-refractivity contribution in [2.75, 3.05) is 4.72 Å². The summed E-state index contributed by atoms with van der Waals surface area (Å²) in [6.45, 7) is 1.76. The third kappa shape index (κ3) is 4.45. The second kappa shape index (κ2) is 7.18. The summed E-state index contributed by atoms with van der Waals surface area (Å²) in [6.07, 6.45) is 6.53. The predicted molar refractivity (Wildman–Crippen MR) is 95.5 cm³/mol. The number of aliphatic imine (C=N–C) groups is 1. The molecule has 1 N–H and O–H groups in total. The van der Waals surface area contributed by atoms with Crippen molar-refractivity contribution in [1.82, 2.24) is 15.0 Å². The van der Waals surface area contributed by atoms with Crippen molar-refractivity contribution in [2.24, 2.45) is 4.99 Å². The van der Waals surface area contributed by atoms with Crippen LogP contribution in [0.25, 0.3) is 0 Å². The molecule has 3 aromatic rings. The molecular formula is C17H15N5O2S. The standard InChI is InChI=1S/C17H15N5O2S/c1-13-6-11-19-17(21-13)22-25(23,24)16-4-2-15(3-5-16)20-12-14-7-9-18-10-8-14/h2-12H,1H3,(H,19,21,22). The van der Waals surface area contributed by atoms with E-state index in [-0.39, 0.29) is 10.8 Å². The van der Waals surface area contributed by atoms with Crippen LogP contribution >= 0.6 is 0 Å². The second-order valence-corrected chi connectivity index (χ2v) is 6.84. The van der Waals surface area contributed by atoms with Gasteiger partial charge in [-0.15, -0.1) is 0 Å². The summed E-state index contributed by atoms with van der Waals surface area (Å²) in [5.41, 5.74) is 2.22. The molecule has 0 bridgehead atoms. The molecule has 8 heteroatoms. The first-order valence-corrected chi connectivity index (χ1v) is 8.88. The number of hydrogen-bond acceptors (Lipinski definition) is 6. The Hall–Kier alpha value is -3.13. The number of rotatable bonds is 5. The van der Waals surface area contributed by atoms with Crippen LogP contribution < -0.4 is 4.72 Å². The Bertz CT molecular complexity index is 987. The molecule has 2 aromatic heterocycles. The number of benzene rings is 1. The molecule has 2 heterocycles. The highest BCUT2D eigenvalue weighted by Crippen LogP contribution is 2.18. The summed E-state index contributed by atoms with van der Waals surface area (Å²) in [5, 5.41) is 0. The number of aryl methyl sites for hydroxylation is 1. The van der Waals surface area contributed by atoms with Crippen LogP contribution in [0.5, 0.6) is 0 Å². The summed E-state index contributed by atoms with van der Waals surface area (Å²) < 4.78 is 27.1. The van der Waals surface area contributed by atoms with Crippen molar-refractivity contribution in [3.8, 4) is 0 Å². The van der Waals surface area contributed by atoms with Crippen LogP contribution in [-0.2, 0) is 10.0 Å². The largest absolute Gasteiger partial charge is 0.265 e. The molecule has 0 saturated heterocycles. The lowest BCUT2D eigenvalue weighted by Gasteiger charge is -2.07. The Morgan fingerprint density at radius 2 is 1.72 bits per heavy atom. The number of aromatic nitrogens is 3. The Morgan fingerprint density at radius 3 is 2.40 bits per heavy atom. The highest BCUT2D eigenvalue weighted by molar-refractivity contribution is 7.92. The van der Waals surface area contributed by atoms with Crippen molar-refractivity contribution in [2.45, 2.75) is 11.8 Å². The molecule has 0 saturated carbocycles. The second-order valence-electron chi connectivity index (χ2n) is 5.16. The van der Waals surface area contributed by atoms with Crippen LogP contribution in [0.15, 0.2) is 70.9 Å².